The molecule has 1 N–H and O–H groups in total. The highest BCUT2D eigenvalue weighted by Crippen LogP contribution is 2.23. The molecule has 0 bridgehead atoms. The van der Waals surface area contributed by atoms with E-state index in [1.54, 1.807) is 35.2 Å². The van der Waals surface area contributed by atoms with E-state index < -0.39 is 12.0 Å². The second-order valence-corrected chi connectivity index (χ2v) is 11.2. The Labute approximate surface area is 284 Å². The number of anilines is 2. The van der Waals surface area contributed by atoms with Gasteiger partial charge in [-0.3, -0.25) is 14.6 Å². The zero-order valence-electron chi connectivity index (χ0n) is 26.9. The largest absolute Gasteiger partial charge is 0.492 e. The second kappa shape index (κ2) is 15.5. The number of para-hydroxylation sites is 4. The summed E-state index contributed by atoms with van der Waals surface area (Å²) in [6, 6.07) is 39.5. The van der Waals surface area contributed by atoms with E-state index in [-0.39, 0.29) is 30.5 Å². The summed E-state index contributed by atoms with van der Waals surface area (Å²) in [6.45, 7) is 0.494. The second-order valence-electron chi connectivity index (χ2n) is 11.2. The smallest absolute Gasteiger partial charge is 0.328 e. The van der Waals surface area contributed by atoms with Crippen LogP contribution < -0.4 is 15.0 Å². The van der Waals surface area contributed by atoms with Crippen molar-refractivity contribution in [3.05, 3.63) is 162 Å². The number of ether oxygens (including phenoxy) is 2. The summed E-state index contributed by atoms with van der Waals surface area (Å²) in [5, 5.41) is 3.23. The van der Waals surface area contributed by atoms with Crippen molar-refractivity contribution in [2.45, 2.75) is 12.5 Å². The lowest BCUT2D eigenvalue weighted by molar-refractivity contribution is -0.141. The highest BCUT2D eigenvalue weighted by Gasteiger charge is 2.23. The van der Waals surface area contributed by atoms with Gasteiger partial charge in [0.15, 0.2) is 5.78 Å². The van der Waals surface area contributed by atoms with Crippen molar-refractivity contribution in [2.24, 2.45) is 0 Å². The minimum atomic E-state index is -0.745. The Morgan fingerprint density at radius 3 is 2.14 bits per heavy atom. The summed E-state index contributed by atoms with van der Waals surface area (Å²) < 4.78 is 11.1. The van der Waals surface area contributed by atoms with Gasteiger partial charge in [-0.05, 0) is 54.1 Å². The molecule has 1 aromatic heterocycles. The Kier molecular flexibility index (Phi) is 10.3. The molecule has 0 saturated carbocycles. The normalized spacial score (nSPS) is 11.4. The molecule has 0 aliphatic rings. The van der Waals surface area contributed by atoms with Crippen LogP contribution >= 0.6 is 0 Å². The fourth-order valence-electron chi connectivity index (χ4n) is 5.44. The van der Waals surface area contributed by atoms with E-state index in [9.17, 15) is 14.4 Å². The third-order valence-corrected chi connectivity index (χ3v) is 7.95. The van der Waals surface area contributed by atoms with Crippen LogP contribution in [0, 0.1) is 0 Å². The maximum Gasteiger partial charge on any atom is 0.328 e. The molecule has 0 saturated heterocycles. The van der Waals surface area contributed by atoms with Gasteiger partial charge < -0.3 is 19.7 Å². The number of rotatable bonds is 13. The van der Waals surface area contributed by atoms with Crippen LogP contribution in [0.3, 0.4) is 0 Å². The number of aromatic nitrogens is 2. The third kappa shape index (κ3) is 7.97. The molecular formula is C40H34N4O5. The summed E-state index contributed by atoms with van der Waals surface area (Å²) in [7, 11) is 1.34. The zero-order chi connectivity index (χ0) is 34.0. The standard InChI is InChI=1S/C40H34N4O5/c1-48-40(47)36(42-33-17-9-8-16-32(33)38(45)29-12-4-2-5-13-29)26-28-20-22-31(23-21-28)49-25-24-44(30-14-6-3-7-15-30)39(46)37-27-41-34-18-10-11-19-35(34)43-37/h2-23,27,36,42H,24-26H2,1H3. The Hall–Kier alpha value is -6.35. The van der Waals surface area contributed by atoms with Crippen molar-refractivity contribution in [2.75, 3.05) is 30.5 Å². The Morgan fingerprint density at radius 2 is 1.41 bits per heavy atom. The van der Waals surface area contributed by atoms with Crippen molar-refractivity contribution in [3.8, 4) is 5.75 Å². The van der Waals surface area contributed by atoms with Gasteiger partial charge >= 0.3 is 5.97 Å². The van der Waals surface area contributed by atoms with E-state index in [2.05, 4.69) is 15.3 Å². The van der Waals surface area contributed by atoms with Gasteiger partial charge in [-0.1, -0.05) is 84.9 Å². The number of hydrogen-bond acceptors (Lipinski definition) is 8. The lowest BCUT2D eigenvalue weighted by Gasteiger charge is -2.23. The average molecular weight is 651 g/mol. The van der Waals surface area contributed by atoms with E-state index in [0.29, 0.717) is 40.0 Å². The van der Waals surface area contributed by atoms with Crippen molar-refractivity contribution in [1.82, 2.24) is 9.97 Å². The lowest BCUT2D eigenvalue weighted by atomic mass is 10.00. The molecule has 1 unspecified atom stereocenters. The molecule has 6 aromatic rings. The number of methoxy groups -OCH3 is 1. The summed E-state index contributed by atoms with van der Waals surface area (Å²) in [5.74, 6) is -0.275. The van der Waals surface area contributed by atoms with Gasteiger partial charge in [0.2, 0.25) is 0 Å². The van der Waals surface area contributed by atoms with E-state index in [4.69, 9.17) is 9.47 Å². The van der Waals surface area contributed by atoms with Crippen LogP contribution in [0.25, 0.3) is 11.0 Å². The van der Waals surface area contributed by atoms with Crippen molar-refractivity contribution < 1.29 is 23.9 Å². The summed E-state index contributed by atoms with van der Waals surface area (Å²) in [5.41, 5.74) is 4.74. The number of ketones is 1. The number of benzene rings is 5. The van der Waals surface area contributed by atoms with Gasteiger partial charge in [0.25, 0.3) is 5.91 Å². The van der Waals surface area contributed by atoms with Crippen molar-refractivity contribution in [1.29, 1.82) is 0 Å². The lowest BCUT2D eigenvalue weighted by Crippen LogP contribution is -2.35. The molecule has 0 aliphatic carbocycles. The number of hydrogen-bond donors (Lipinski definition) is 1. The minimum absolute atomic E-state index is 0.147. The van der Waals surface area contributed by atoms with Crippen molar-refractivity contribution in [3.63, 3.8) is 0 Å². The van der Waals surface area contributed by atoms with Gasteiger partial charge in [0.1, 0.15) is 24.1 Å². The van der Waals surface area contributed by atoms with Crippen LogP contribution in [0.2, 0.25) is 0 Å². The minimum Gasteiger partial charge on any atom is -0.492 e. The SMILES string of the molecule is COC(=O)C(Cc1ccc(OCCN(C(=O)c2cnc3ccccc3n2)c2ccccc2)cc1)Nc1ccccc1C(=O)c1ccccc1. The molecule has 9 heteroatoms. The predicted octanol–water partition coefficient (Wildman–Crippen LogP) is 6.78. The maximum atomic E-state index is 13.6. The third-order valence-electron chi connectivity index (χ3n) is 7.95. The highest BCUT2D eigenvalue weighted by atomic mass is 16.5. The summed E-state index contributed by atoms with van der Waals surface area (Å²) in [6.07, 6.45) is 1.81. The molecule has 49 heavy (non-hydrogen) atoms. The van der Waals surface area contributed by atoms with E-state index in [1.165, 1.54) is 13.3 Å². The maximum absolute atomic E-state index is 13.6. The number of nitrogens with zero attached hydrogens (tertiary/aromatic N) is 3. The first-order valence-corrected chi connectivity index (χ1v) is 15.8. The Bertz CT molecular complexity index is 2050. The van der Waals surface area contributed by atoms with Gasteiger partial charge in [-0.15, -0.1) is 0 Å². The first kappa shape index (κ1) is 32.6. The molecule has 0 aliphatic heterocycles. The fourth-order valence-corrected chi connectivity index (χ4v) is 5.44. The zero-order valence-corrected chi connectivity index (χ0v) is 26.9. The summed E-state index contributed by atoms with van der Waals surface area (Å²) in [4.78, 5) is 50.3. The Balaban J connectivity index is 1.12. The first-order valence-electron chi connectivity index (χ1n) is 15.8. The van der Waals surface area contributed by atoms with E-state index in [0.717, 1.165) is 11.3 Å². The molecule has 5 aromatic carbocycles. The van der Waals surface area contributed by atoms with Gasteiger partial charge in [0, 0.05) is 28.9 Å². The molecule has 0 fully saturated rings. The molecule has 1 amide bonds. The van der Waals surface area contributed by atoms with Crippen LogP contribution in [0.15, 0.2) is 140 Å². The van der Waals surface area contributed by atoms with E-state index >= 15 is 0 Å². The topological polar surface area (TPSA) is 111 Å². The van der Waals surface area contributed by atoms with Crippen LogP contribution in [0.4, 0.5) is 11.4 Å². The predicted molar refractivity (Wildman–Crippen MR) is 189 cm³/mol. The number of fused-ring (bicyclic) bond motifs is 1. The van der Waals surface area contributed by atoms with Gasteiger partial charge in [0.05, 0.1) is 30.9 Å². The summed E-state index contributed by atoms with van der Waals surface area (Å²) >= 11 is 0. The molecule has 0 spiro atoms. The fraction of sp³-hybridized carbons (Fsp3) is 0.125. The highest BCUT2D eigenvalue weighted by molar-refractivity contribution is 6.12. The average Bonchev–Trinajstić information content (AvgIpc) is 3.16. The Morgan fingerprint density at radius 1 is 0.755 bits per heavy atom. The first-order chi connectivity index (χ1) is 24.0. The molecule has 0 radical (unpaired) electrons. The number of carbonyl (C=O) groups excluding carboxylic acids is 3. The number of carbonyl (C=O) groups is 3. The molecule has 1 atom stereocenters. The molecular weight excluding hydrogens is 616 g/mol. The monoisotopic (exact) mass is 650 g/mol. The molecule has 6 rings (SSSR count). The van der Waals surface area contributed by atoms with Crippen molar-refractivity contribution >= 4 is 40.1 Å². The number of nitrogens with one attached hydrogen (secondary N) is 1. The van der Waals surface area contributed by atoms with E-state index in [1.807, 2.05) is 103 Å². The van der Waals surface area contributed by atoms with Crippen LogP contribution in [0.5, 0.6) is 5.75 Å². The van der Waals surface area contributed by atoms with Crippen LogP contribution in [-0.2, 0) is 16.0 Å². The quantitative estimate of drug-likeness (QED) is 0.108. The molecule has 9 nitrogen and oxygen atoms in total. The van der Waals surface area contributed by atoms with Crippen LogP contribution in [0.1, 0.15) is 32.0 Å². The van der Waals surface area contributed by atoms with Gasteiger partial charge in [-0.25, -0.2) is 9.78 Å². The molecule has 1 heterocycles. The molecule has 244 valence electrons. The van der Waals surface area contributed by atoms with Gasteiger partial charge in [-0.2, -0.15) is 0 Å². The number of amides is 1. The number of esters is 1. The van der Waals surface area contributed by atoms with Crippen LogP contribution in [-0.4, -0.2) is 53.9 Å².